The third-order valence-corrected chi connectivity index (χ3v) is 7.37. The molecule has 0 amide bonds. The summed E-state index contributed by atoms with van der Waals surface area (Å²) in [5, 5.41) is 13.6. The molecule has 0 aliphatic rings. The lowest BCUT2D eigenvalue weighted by Crippen LogP contribution is -2.16. The summed E-state index contributed by atoms with van der Waals surface area (Å²) in [6.45, 7) is 3.01. The summed E-state index contributed by atoms with van der Waals surface area (Å²) in [6, 6.07) is 57.8. The molecule has 0 atom stereocenters. The number of nitrogens with zero attached hydrogens (tertiary/aromatic N) is 5. The predicted octanol–water partition coefficient (Wildman–Crippen LogP) is 10.2. The zero-order valence-corrected chi connectivity index (χ0v) is 25.3. The van der Waals surface area contributed by atoms with Crippen molar-refractivity contribution in [3.63, 3.8) is 0 Å². The number of hydrazone groups is 2. The van der Waals surface area contributed by atoms with Crippen molar-refractivity contribution in [2.45, 2.75) is 6.92 Å². The van der Waals surface area contributed by atoms with Crippen molar-refractivity contribution in [1.29, 1.82) is 0 Å². The molecule has 0 N–H and O–H groups in total. The van der Waals surface area contributed by atoms with Crippen LogP contribution in [0.3, 0.4) is 0 Å². The minimum absolute atomic E-state index is 0.840. The van der Waals surface area contributed by atoms with Crippen LogP contribution in [0.25, 0.3) is 0 Å². The summed E-state index contributed by atoms with van der Waals surface area (Å²) in [6.07, 6.45) is 3.81. The van der Waals surface area contributed by atoms with E-state index in [1.54, 1.807) is 0 Å². The van der Waals surface area contributed by atoms with Crippen LogP contribution in [-0.4, -0.2) is 19.0 Å². The first-order valence-electron chi connectivity index (χ1n) is 15.1. The summed E-state index contributed by atoms with van der Waals surface area (Å²) in [5.74, 6) is 0. The first-order valence-corrected chi connectivity index (χ1v) is 15.1. The van der Waals surface area contributed by atoms with E-state index in [2.05, 4.69) is 109 Å². The van der Waals surface area contributed by atoms with Crippen molar-refractivity contribution >= 4 is 46.6 Å². The summed E-state index contributed by atoms with van der Waals surface area (Å²) in [7, 11) is 0. The smallest absolute Gasteiger partial charge is 0.0652 e. The molecule has 0 aliphatic carbocycles. The topological polar surface area (TPSA) is 34.4 Å². The normalized spacial score (nSPS) is 11.1. The second-order valence-electron chi connectivity index (χ2n) is 10.4. The van der Waals surface area contributed by atoms with Crippen LogP contribution in [0.4, 0.5) is 34.1 Å². The number of benzene rings is 6. The van der Waals surface area contributed by atoms with Crippen LogP contribution in [0.15, 0.2) is 180 Å². The molecule has 5 nitrogen and oxygen atoms in total. The number of para-hydroxylation sites is 4. The van der Waals surface area contributed by atoms with Gasteiger partial charge < -0.3 is 4.90 Å². The quantitative estimate of drug-likeness (QED) is 0.112. The zero-order chi connectivity index (χ0) is 30.7. The highest BCUT2D eigenvalue weighted by atomic mass is 15.5. The average molecular weight is 586 g/mol. The Bertz CT molecular complexity index is 1590. The summed E-state index contributed by atoms with van der Waals surface area (Å²) < 4.78 is 0. The Balaban J connectivity index is 1.17. The maximum absolute atomic E-state index is 4.84. The van der Waals surface area contributed by atoms with Crippen LogP contribution < -0.4 is 14.9 Å². The van der Waals surface area contributed by atoms with Crippen molar-refractivity contribution in [2.75, 3.05) is 21.5 Å². The van der Waals surface area contributed by atoms with Crippen molar-refractivity contribution in [2.24, 2.45) is 10.2 Å². The largest absolute Gasteiger partial charge is 0.342 e. The molecule has 0 saturated carbocycles. The van der Waals surface area contributed by atoms with E-state index >= 15 is 0 Å². The Morgan fingerprint density at radius 3 is 0.933 bits per heavy atom. The Kier molecular flexibility index (Phi) is 9.39. The van der Waals surface area contributed by atoms with Crippen molar-refractivity contribution in [3.05, 3.63) is 181 Å². The molecule has 0 heterocycles. The van der Waals surface area contributed by atoms with Gasteiger partial charge >= 0.3 is 0 Å². The molecule has 0 unspecified atom stereocenters. The van der Waals surface area contributed by atoms with Crippen molar-refractivity contribution < 1.29 is 0 Å². The summed E-state index contributed by atoms with van der Waals surface area (Å²) >= 11 is 0. The van der Waals surface area contributed by atoms with Gasteiger partial charge in [-0.25, -0.2) is 10.0 Å². The highest BCUT2D eigenvalue weighted by molar-refractivity contribution is 5.84. The third-order valence-electron chi connectivity index (χ3n) is 7.37. The van der Waals surface area contributed by atoms with Crippen LogP contribution >= 0.6 is 0 Å². The van der Waals surface area contributed by atoms with E-state index in [1.807, 2.05) is 95.2 Å². The Morgan fingerprint density at radius 1 is 0.378 bits per heavy atom. The van der Waals surface area contributed by atoms with Gasteiger partial charge in [-0.3, -0.25) is 0 Å². The standard InChI is InChI=1S/C40H35N5/c1-2-43(35-27-23-33(24-28-35)31-41-44(37-15-7-3-8-16-37)38-17-9-4-10-18-38)36-29-25-34(26-30-36)32-42-45(39-19-11-5-12-20-39)40-21-13-6-14-22-40/h3-32H,2H2,1H3/b41-31+,42-32+. The van der Waals surface area contributed by atoms with E-state index in [-0.39, 0.29) is 0 Å². The maximum atomic E-state index is 4.84. The minimum atomic E-state index is 0.840. The monoisotopic (exact) mass is 585 g/mol. The first-order chi connectivity index (χ1) is 22.3. The van der Waals surface area contributed by atoms with Crippen LogP contribution in [0.5, 0.6) is 0 Å². The number of rotatable bonds is 11. The predicted molar refractivity (Wildman–Crippen MR) is 191 cm³/mol. The van der Waals surface area contributed by atoms with E-state index in [9.17, 15) is 0 Å². The first kappa shape index (κ1) is 29.1. The summed E-state index contributed by atoms with van der Waals surface area (Å²) in [5.41, 5.74) is 8.34. The molecular formula is C40H35N5. The lowest BCUT2D eigenvalue weighted by molar-refractivity contribution is 1.02. The van der Waals surface area contributed by atoms with Gasteiger partial charge in [0.15, 0.2) is 0 Å². The molecule has 0 saturated heterocycles. The van der Waals surface area contributed by atoms with E-state index < -0.39 is 0 Å². The SMILES string of the molecule is CCN(c1ccc(/C=N/N(c2ccccc2)c2ccccc2)cc1)c1ccc(/C=N/N(c2ccccc2)c2ccccc2)cc1. The number of hydrogen-bond donors (Lipinski definition) is 0. The molecular weight excluding hydrogens is 550 g/mol. The molecule has 5 heteroatoms. The molecule has 6 rings (SSSR count). The fourth-order valence-corrected chi connectivity index (χ4v) is 5.09. The lowest BCUT2D eigenvalue weighted by atomic mass is 10.1. The van der Waals surface area contributed by atoms with Crippen LogP contribution in [0, 0.1) is 0 Å². The average Bonchev–Trinajstić information content (AvgIpc) is 3.12. The molecule has 0 spiro atoms. The number of hydrogen-bond acceptors (Lipinski definition) is 5. The summed E-state index contributed by atoms with van der Waals surface area (Å²) in [4.78, 5) is 2.29. The van der Waals surface area contributed by atoms with Gasteiger partial charge in [0.2, 0.25) is 0 Å². The van der Waals surface area contributed by atoms with Crippen LogP contribution in [0.1, 0.15) is 18.1 Å². The molecule has 0 fully saturated rings. The van der Waals surface area contributed by atoms with Gasteiger partial charge in [0.05, 0.1) is 35.2 Å². The molecule has 6 aromatic carbocycles. The van der Waals surface area contributed by atoms with E-state index in [4.69, 9.17) is 10.2 Å². The van der Waals surface area contributed by atoms with Gasteiger partial charge in [-0.05, 0) is 90.8 Å². The molecule has 0 aromatic heterocycles. The second kappa shape index (κ2) is 14.5. The molecule has 220 valence electrons. The van der Waals surface area contributed by atoms with Gasteiger partial charge in [0, 0.05) is 17.9 Å². The molecule has 0 aliphatic heterocycles. The third kappa shape index (κ3) is 7.35. The van der Waals surface area contributed by atoms with Gasteiger partial charge in [-0.2, -0.15) is 10.2 Å². The van der Waals surface area contributed by atoms with Crippen LogP contribution in [-0.2, 0) is 0 Å². The zero-order valence-electron chi connectivity index (χ0n) is 25.3. The van der Waals surface area contributed by atoms with Crippen molar-refractivity contribution in [1.82, 2.24) is 0 Å². The van der Waals surface area contributed by atoms with Gasteiger partial charge in [-0.15, -0.1) is 0 Å². The maximum Gasteiger partial charge on any atom is 0.0652 e. The molecule has 6 aromatic rings. The minimum Gasteiger partial charge on any atom is -0.342 e. The lowest BCUT2D eigenvalue weighted by Gasteiger charge is -2.24. The molecule has 45 heavy (non-hydrogen) atoms. The molecule has 0 bridgehead atoms. The highest BCUT2D eigenvalue weighted by Gasteiger charge is 2.10. The van der Waals surface area contributed by atoms with Gasteiger partial charge in [0.1, 0.15) is 0 Å². The fourth-order valence-electron chi connectivity index (χ4n) is 5.09. The van der Waals surface area contributed by atoms with Gasteiger partial charge in [-0.1, -0.05) is 97.1 Å². The van der Waals surface area contributed by atoms with Gasteiger partial charge in [0.25, 0.3) is 0 Å². The highest BCUT2D eigenvalue weighted by Crippen LogP contribution is 2.28. The Hall–Kier alpha value is -5.94. The van der Waals surface area contributed by atoms with E-state index in [1.165, 1.54) is 0 Å². The second-order valence-corrected chi connectivity index (χ2v) is 10.4. The number of anilines is 6. The van der Waals surface area contributed by atoms with E-state index in [0.717, 1.165) is 51.8 Å². The van der Waals surface area contributed by atoms with Crippen LogP contribution in [0.2, 0.25) is 0 Å². The Morgan fingerprint density at radius 2 is 0.667 bits per heavy atom. The molecule has 0 radical (unpaired) electrons. The van der Waals surface area contributed by atoms with E-state index in [0.29, 0.717) is 0 Å². The fraction of sp³-hybridized carbons (Fsp3) is 0.0500. The van der Waals surface area contributed by atoms with Crippen molar-refractivity contribution in [3.8, 4) is 0 Å². The Labute approximate surface area is 265 Å².